The van der Waals surface area contributed by atoms with Crippen molar-refractivity contribution in [1.82, 2.24) is 40.3 Å². The number of anilines is 2. The molecule has 0 radical (unpaired) electrons. The fourth-order valence-electron chi connectivity index (χ4n) is 13.1. The van der Waals surface area contributed by atoms with Gasteiger partial charge in [0.15, 0.2) is 0 Å². The molecule has 0 unspecified atom stereocenters. The molecule has 11 rings (SSSR count). The van der Waals surface area contributed by atoms with Crippen LogP contribution in [0.15, 0.2) is 96.9 Å². The normalized spacial score (nSPS) is 21.1. The number of nitrogens with one attached hydrogen (secondary N) is 2. The van der Waals surface area contributed by atoms with Gasteiger partial charge >= 0.3 is 6.01 Å². The van der Waals surface area contributed by atoms with Gasteiger partial charge in [0.2, 0.25) is 17.7 Å². The molecule has 442 valence electrons. The van der Waals surface area contributed by atoms with Crippen LogP contribution in [0.3, 0.4) is 0 Å². The Bertz CT molecular complexity index is 3340. The minimum absolute atomic E-state index is 0.00718. The van der Waals surface area contributed by atoms with Crippen molar-refractivity contribution in [3.8, 4) is 29.1 Å². The summed E-state index contributed by atoms with van der Waals surface area (Å²) in [5.74, 6) is 1.42. The number of carbonyl (C=O) groups excluding carboxylic acids is 3. The summed E-state index contributed by atoms with van der Waals surface area (Å²) in [5, 5.41) is 23.4. The molecule has 4 fully saturated rings. The maximum atomic E-state index is 14.4. The molecule has 18 nitrogen and oxygen atoms in total. The van der Waals surface area contributed by atoms with Gasteiger partial charge in [-0.05, 0) is 101 Å². The number of likely N-dealkylation sites (tertiary alicyclic amines) is 2. The van der Waals surface area contributed by atoms with E-state index in [4.69, 9.17) is 33.9 Å². The maximum absolute atomic E-state index is 14.4. The standard InChI is InChI=1S/C65H79N11O7S/c1-5-59(77)75-32-31-74(38-46(75)26-28-66)61-53-27-30-73(56-22-13-18-44-15-9-10-19-49(44)56)40-54(53)69-65(71-61)83-41-47-37-48(39-72(47)4)81-35-33-80-34-36-82-58-25-24-51(50-20-11-12-21-52(50)58)55-42-84-63(68-55)57-23-14-29-76(57)64(79)60(45-16-7-6-8-17-45)70-62(78)43(2)67-3/h5,9-13,15,18-22,24-25,42-43,45-48,57,60,67H,1,6-8,14,16-17,23,26-27,29-41H2,2-4H3,(H,70,78)/t43-,46-,47-,48+,57-,60-/m0/s1. The number of benzene rings is 4. The van der Waals surface area contributed by atoms with Gasteiger partial charge in [0.05, 0.1) is 74.5 Å². The number of thiazole rings is 1. The second kappa shape index (κ2) is 27.2. The van der Waals surface area contributed by atoms with Gasteiger partial charge in [-0.2, -0.15) is 15.2 Å². The molecule has 3 amide bonds. The molecule has 0 bridgehead atoms. The predicted molar refractivity (Wildman–Crippen MR) is 327 cm³/mol. The van der Waals surface area contributed by atoms with Gasteiger partial charge in [0.25, 0.3) is 0 Å². The first-order valence-corrected chi connectivity index (χ1v) is 31.0. The summed E-state index contributed by atoms with van der Waals surface area (Å²) in [4.78, 5) is 66.4. The molecule has 2 N–H and O–H groups in total. The number of ether oxygens (including phenoxy) is 4. The Hall–Kier alpha value is -7.21. The summed E-state index contributed by atoms with van der Waals surface area (Å²) in [6, 6.07) is 28.5. The lowest BCUT2D eigenvalue weighted by Gasteiger charge is -2.42. The summed E-state index contributed by atoms with van der Waals surface area (Å²) < 4.78 is 25.3. The second-order valence-corrected chi connectivity index (χ2v) is 23.9. The van der Waals surface area contributed by atoms with Crippen molar-refractivity contribution < 1.29 is 33.3 Å². The maximum Gasteiger partial charge on any atom is 0.318 e. The number of rotatable bonds is 22. The second-order valence-electron chi connectivity index (χ2n) is 23.0. The van der Waals surface area contributed by atoms with Crippen molar-refractivity contribution in [2.75, 3.05) is 96.2 Å². The molecule has 4 aromatic carbocycles. The first kappa shape index (κ1) is 58.6. The van der Waals surface area contributed by atoms with Gasteiger partial charge in [-0.1, -0.05) is 86.5 Å². The van der Waals surface area contributed by atoms with Gasteiger partial charge in [-0.3, -0.25) is 19.3 Å². The SMILES string of the molecule is C=CC(=O)N1CCN(c2nc(OC[C@@H]3C[C@@H](OCCOCCOc4ccc(-c5csc([C@@H]6CCCN6C(=O)[C@@H](NC(=O)[C@H](C)NC)C6CCCCC6)n5)c5ccccc45)CN3C)nc3c2CCN(c2cccc4ccccc24)C3)C[C@@H]1CC#N. The summed E-state index contributed by atoms with van der Waals surface area (Å²) in [6.07, 6.45) is 10.0. The van der Waals surface area contributed by atoms with Gasteiger partial charge in [-0.15, -0.1) is 11.3 Å². The van der Waals surface area contributed by atoms with Crippen LogP contribution in [-0.2, 0) is 36.8 Å². The summed E-state index contributed by atoms with van der Waals surface area (Å²) in [5.41, 5.74) is 5.03. The Morgan fingerprint density at radius 3 is 2.44 bits per heavy atom. The third kappa shape index (κ3) is 13.0. The quantitative estimate of drug-likeness (QED) is 0.0486. The van der Waals surface area contributed by atoms with Crippen molar-refractivity contribution in [2.45, 2.75) is 114 Å². The molecule has 0 spiro atoms. The van der Waals surface area contributed by atoms with E-state index in [2.05, 4.69) is 111 Å². The van der Waals surface area contributed by atoms with Crippen LogP contribution in [0.5, 0.6) is 11.8 Å². The number of aromatic nitrogens is 3. The van der Waals surface area contributed by atoms with Crippen molar-refractivity contribution in [2.24, 2.45) is 5.92 Å². The van der Waals surface area contributed by atoms with E-state index in [1.807, 2.05) is 30.0 Å². The van der Waals surface area contributed by atoms with Crippen molar-refractivity contribution in [1.29, 1.82) is 5.26 Å². The smallest absolute Gasteiger partial charge is 0.318 e. The van der Waals surface area contributed by atoms with Crippen LogP contribution in [-0.4, -0.2) is 164 Å². The fraction of sp³-hybridized carbons (Fsp3) is 0.492. The number of nitriles is 1. The van der Waals surface area contributed by atoms with Crippen LogP contribution in [0, 0.1) is 17.2 Å². The van der Waals surface area contributed by atoms with E-state index in [0.29, 0.717) is 71.8 Å². The Morgan fingerprint density at radius 2 is 1.62 bits per heavy atom. The minimum Gasteiger partial charge on any atom is -0.491 e. The highest BCUT2D eigenvalue weighted by atomic mass is 32.1. The molecule has 5 aliphatic rings. The zero-order chi connectivity index (χ0) is 58.1. The van der Waals surface area contributed by atoms with Gasteiger partial charge < -0.3 is 49.2 Å². The Labute approximate surface area is 497 Å². The van der Waals surface area contributed by atoms with Gasteiger partial charge in [-0.25, -0.2) is 4.98 Å². The van der Waals surface area contributed by atoms with E-state index >= 15 is 0 Å². The van der Waals surface area contributed by atoms with E-state index in [-0.39, 0.29) is 60.3 Å². The average molecular weight is 1160 g/mol. The Morgan fingerprint density at radius 1 is 0.821 bits per heavy atom. The van der Waals surface area contributed by atoms with Crippen LogP contribution in [0.2, 0.25) is 0 Å². The highest BCUT2D eigenvalue weighted by molar-refractivity contribution is 7.10. The third-order valence-electron chi connectivity index (χ3n) is 17.8. The third-order valence-corrected chi connectivity index (χ3v) is 18.8. The number of nitrogens with zero attached hydrogens (tertiary/aromatic N) is 9. The molecule has 19 heteroatoms. The van der Waals surface area contributed by atoms with E-state index < -0.39 is 6.04 Å². The highest BCUT2D eigenvalue weighted by Gasteiger charge is 2.41. The van der Waals surface area contributed by atoms with Crippen molar-refractivity contribution >= 4 is 62.1 Å². The van der Waals surface area contributed by atoms with Crippen LogP contribution >= 0.6 is 11.3 Å². The topological polar surface area (TPSA) is 191 Å². The molecule has 4 aliphatic heterocycles. The molecule has 2 aromatic heterocycles. The van der Waals surface area contributed by atoms with E-state index in [9.17, 15) is 19.6 Å². The molecule has 6 atom stereocenters. The Balaban J connectivity index is 0.672. The van der Waals surface area contributed by atoms with Crippen LogP contribution < -0.4 is 29.9 Å². The van der Waals surface area contributed by atoms with Crippen LogP contribution in [0.1, 0.15) is 87.0 Å². The molecular formula is C65H79N11O7S. The zero-order valence-electron chi connectivity index (χ0n) is 48.8. The molecule has 6 aromatic rings. The lowest BCUT2D eigenvalue weighted by molar-refractivity contribution is -0.139. The molecule has 1 aliphatic carbocycles. The molecule has 84 heavy (non-hydrogen) atoms. The Kier molecular flexibility index (Phi) is 19.0. The number of hydrogen-bond donors (Lipinski definition) is 2. The molecule has 3 saturated heterocycles. The number of fused-ring (bicyclic) bond motifs is 3. The van der Waals surface area contributed by atoms with Crippen LogP contribution in [0.4, 0.5) is 11.5 Å². The molecular weight excluding hydrogens is 1080 g/mol. The number of amides is 3. The monoisotopic (exact) mass is 1160 g/mol. The molecule has 1 saturated carbocycles. The number of piperazine rings is 1. The zero-order valence-corrected chi connectivity index (χ0v) is 49.6. The van der Waals surface area contributed by atoms with Crippen molar-refractivity contribution in [3.05, 3.63) is 113 Å². The summed E-state index contributed by atoms with van der Waals surface area (Å²) in [7, 11) is 3.86. The number of carbonyl (C=O) groups is 3. The van der Waals surface area contributed by atoms with Crippen molar-refractivity contribution in [3.63, 3.8) is 0 Å². The van der Waals surface area contributed by atoms with Gasteiger partial charge in [0.1, 0.15) is 35.8 Å². The lowest BCUT2D eigenvalue weighted by atomic mass is 9.83. The van der Waals surface area contributed by atoms with E-state index in [0.717, 1.165) is 120 Å². The van der Waals surface area contributed by atoms with E-state index in [1.54, 1.807) is 23.3 Å². The number of likely N-dealkylation sites (N-methyl/N-ethyl adjacent to an activating group) is 2. The lowest BCUT2D eigenvalue weighted by Crippen LogP contribution is -2.55. The van der Waals surface area contributed by atoms with Crippen LogP contribution in [0.25, 0.3) is 32.8 Å². The largest absolute Gasteiger partial charge is 0.491 e. The minimum atomic E-state index is -0.537. The average Bonchev–Trinajstić information content (AvgIpc) is 2.81. The number of hydrogen-bond acceptors (Lipinski definition) is 16. The van der Waals surface area contributed by atoms with Gasteiger partial charge in [0, 0.05) is 78.3 Å². The summed E-state index contributed by atoms with van der Waals surface area (Å²) in [6.45, 7) is 11.9. The fourth-order valence-corrected chi connectivity index (χ4v) is 14.1. The first-order chi connectivity index (χ1) is 41.1. The summed E-state index contributed by atoms with van der Waals surface area (Å²) >= 11 is 1.60. The van der Waals surface area contributed by atoms with E-state index in [1.165, 1.54) is 23.3 Å². The molecule has 6 heterocycles. The highest BCUT2D eigenvalue weighted by Crippen LogP contribution is 2.41. The first-order valence-electron chi connectivity index (χ1n) is 30.2. The predicted octanol–water partition coefficient (Wildman–Crippen LogP) is 8.49.